The average molecular weight is 564 g/mol. The van der Waals surface area contributed by atoms with Crippen molar-refractivity contribution in [3.63, 3.8) is 0 Å². The third kappa shape index (κ3) is 6.47. The van der Waals surface area contributed by atoms with Gasteiger partial charge >= 0.3 is 0 Å². The highest BCUT2D eigenvalue weighted by molar-refractivity contribution is 6.30. The highest BCUT2D eigenvalue weighted by atomic mass is 35.5. The Kier molecular flexibility index (Phi) is 7.99. The number of carbonyl (C=O) groups is 1. The van der Waals surface area contributed by atoms with Crippen molar-refractivity contribution in [2.45, 2.75) is 25.2 Å². The van der Waals surface area contributed by atoms with Gasteiger partial charge in [-0.3, -0.25) is 9.69 Å². The minimum absolute atomic E-state index is 0.0361. The number of likely N-dealkylation sites (tertiary alicyclic amines) is 2. The quantitative estimate of drug-likeness (QED) is 0.407. The summed E-state index contributed by atoms with van der Waals surface area (Å²) in [5, 5.41) is 3.90. The van der Waals surface area contributed by atoms with Gasteiger partial charge in [0.1, 0.15) is 18.0 Å². The number of piperidine rings is 1. The van der Waals surface area contributed by atoms with Gasteiger partial charge in [0.15, 0.2) is 11.5 Å². The van der Waals surface area contributed by atoms with Gasteiger partial charge in [-0.05, 0) is 43.0 Å². The molecule has 2 aromatic carbocycles. The summed E-state index contributed by atoms with van der Waals surface area (Å²) in [7, 11) is 1.53. The average Bonchev–Trinajstić information content (AvgIpc) is 3.26. The van der Waals surface area contributed by atoms with Crippen LogP contribution in [0, 0.1) is 11.7 Å². The van der Waals surface area contributed by atoms with Crippen molar-refractivity contribution in [2.75, 3.05) is 51.8 Å². The van der Waals surface area contributed by atoms with E-state index in [1.807, 2.05) is 0 Å². The number of alkyl halides is 2. The lowest BCUT2D eigenvalue weighted by atomic mass is 9.97. The molecule has 8 nitrogen and oxygen atoms in total. The molecule has 1 amide bonds. The zero-order chi connectivity index (χ0) is 27.6. The van der Waals surface area contributed by atoms with Crippen LogP contribution in [0.3, 0.4) is 0 Å². The molecule has 0 unspecified atom stereocenters. The standard InChI is InChI=1S/C27H29ClF3N5O3/c1-38-23-11-19-22(32-16-33-26(19)34-21-3-2-18(28)10-20(21)29)12-24(23)39-14-17-4-7-36(8-5-17)25(37)13-35-9-6-27(30,31)15-35/h2-3,10-12,16-17H,4-9,13-15H2,1H3,(H,32,33,34). The zero-order valence-corrected chi connectivity index (χ0v) is 22.2. The van der Waals surface area contributed by atoms with Crippen molar-refractivity contribution >= 4 is 39.9 Å². The molecule has 2 aliphatic heterocycles. The molecule has 1 aromatic heterocycles. The normalized spacial score (nSPS) is 17.9. The lowest BCUT2D eigenvalue weighted by Crippen LogP contribution is -2.44. The lowest BCUT2D eigenvalue weighted by molar-refractivity contribution is -0.134. The van der Waals surface area contributed by atoms with Crippen molar-refractivity contribution in [1.29, 1.82) is 0 Å². The predicted molar refractivity (Wildman–Crippen MR) is 142 cm³/mol. The number of hydrogen-bond acceptors (Lipinski definition) is 7. The number of fused-ring (bicyclic) bond motifs is 1. The van der Waals surface area contributed by atoms with E-state index in [-0.39, 0.29) is 43.6 Å². The van der Waals surface area contributed by atoms with E-state index < -0.39 is 11.7 Å². The summed E-state index contributed by atoms with van der Waals surface area (Å²) >= 11 is 5.85. The largest absolute Gasteiger partial charge is 0.493 e. The molecule has 208 valence electrons. The molecule has 0 radical (unpaired) electrons. The second-order valence-electron chi connectivity index (χ2n) is 9.94. The number of amides is 1. The number of halogens is 4. The molecule has 1 N–H and O–H groups in total. The highest BCUT2D eigenvalue weighted by Crippen LogP contribution is 2.36. The number of ether oxygens (including phenoxy) is 2. The van der Waals surface area contributed by atoms with E-state index in [0.29, 0.717) is 52.9 Å². The maximum absolute atomic E-state index is 14.3. The van der Waals surface area contributed by atoms with Crippen LogP contribution in [-0.2, 0) is 4.79 Å². The third-order valence-corrected chi connectivity index (χ3v) is 7.39. The lowest BCUT2D eigenvalue weighted by Gasteiger charge is -2.33. The summed E-state index contributed by atoms with van der Waals surface area (Å²) in [6, 6.07) is 7.82. The van der Waals surface area contributed by atoms with E-state index >= 15 is 0 Å². The van der Waals surface area contributed by atoms with Crippen molar-refractivity contribution in [3.8, 4) is 11.5 Å². The molecule has 0 atom stereocenters. The number of anilines is 2. The van der Waals surface area contributed by atoms with Gasteiger partial charge in [-0.15, -0.1) is 0 Å². The summed E-state index contributed by atoms with van der Waals surface area (Å²) < 4.78 is 52.8. The Balaban J connectivity index is 1.20. The Bertz CT molecular complexity index is 1350. The number of rotatable bonds is 8. The Labute approximate surface area is 229 Å². The van der Waals surface area contributed by atoms with Crippen LogP contribution < -0.4 is 14.8 Å². The van der Waals surface area contributed by atoms with Gasteiger partial charge in [0, 0.05) is 42.5 Å². The van der Waals surface area contributed by atoms with E-state index in [9.17, 15) is 18.0 Å². The molecule has 2 saturated heterocycles. The van der Waals surface area contributed by atoms with Crippen LogP contribution in [0.2, 0.25) is 5.02 Å². The fraction of sp³-hybridized carbons (Fsp3) is 0.444. The first-order valence-electron chi connectivity index (χ1n) is 12.8. The number of benzene rings is 2. The van der Waals surface area contributed by atoms with Gasteiger partial charge in [0.05, 0.1) is 38.0 Å². The number of nitrogens with zero attached hydrogens (tertiary/aromatic N) is 4. The van der Waals surface area contributed by atoms with Crippen molar-refractivity contribution in [2.24, 2.45) is 5.92 Å². The van der Waals surface area contributed by atoms with E-state index in [0.717, 1.165) is 12.8 Å². The van der Waals surface area contributed by atoms with Gasteiger partial charge in [-0.25, -0.2) is 23.1 Å². The van der Waals surface area contributed by atoms with E-state index in [1.165, 1.54) is 30.5 Å². The Morgan fingerprint density at radius 3 is 2.64 bits per heavy atom. The summed E-state index contributed by atoms with van der Waals surface area (Å²) in [4.78, 5) is 24.5. The zero-order valence-electron chi connectivity index (χ0n) is 21.4. The first-order valence-corrected chi connectivity index (χ1v) is 13.1. The summed E-state index contributed by atoms with van der Waals surface area (Å²) in [6.45, 7) is 1.49. The van der Waals surface area contributed by atoms with Crippen LogP contribution in [0.4, 0.5) is 24.7 Å². The molecule has 0 saturated carbocycles. The molecule has 0 bridgehead atoms. The number of nitrogens with one attached hydrogen (secondary N) is 1. The predicted octanol–water partition coefficient (Wildman–Crippen LogP) is 5.13. The molecule has 12 heteroatoms. The second-order valence-corrected chi connectivity index (χ2v) is 10.4. The Hall–Kier alpha value is -3.31. The first-order chi connectivity index (χ1) is 18.7. The smallest absolute Gasteiger partial charge is 0.261 e. The van der Waals surface area contributed by atoms with Gasteiger partial charge < -0.3 is 19.7 Å². The molecule has 39 heavy (non-hydrogen) atoms. The number of hydrogen-bond donors (Lipinski definition) is 1. The number of aromatic nitrogens is 2. The summed E-state index contributed by atoms with van der Waals surface area (Å²) in [5.74, 6) is -1.69. The van der Waals surface area contributed by atoms with Crippen LogP contribution in [0.25, 0.3) is 10.9 Å². The molecule has 3 aromatic rings. The third-order valence-electron chi connectivity index (χ3n) is 7.15. The maximum Gasteiger partial charge on any atom is 0.261 e. The Morgan fingerprint density at radius 2 is 1.95 bits per heavy atom. The van der Waals surface area contributed by atoms with Crippen molar-refractivity contribution < 1.29 is 27.4 Å². The second kappa shape index (κ2) is 11.4. The monoisotopic (exact) mass is 563 g/mol. The molecule has 0 aliphatic carbocycles. The van der Waals surface area contributed by atoms with Crippen LogP contribution in [-0.4, -0.2) is 78.0 Å². The Morgan fingerprint density at radius 1 is 1.15 bits per heavy atom. The molecule has 5 rings (SSSR count). The highest BCUT2D eigenvalue weighted by Gasteiger charge is 2.39. The summed E-state index contributed by atoms with van der Waals surface area (Å²) in [6.07, 6.45) is 2.69. The number of methoxy groups -OCH3 is 1. The van der Waals surface area contributed by atoms with E-state index in [1.54, 1.807) is 23.1 Å². The van der Waals surface area contributed by atoms with Crippen LogP contribution in [0.5, 0.6) is 11.5 Å². The minimum Gasteiger partial charge on any atom is -0.493 e. The van der Waals surface area contributed by atoms with Crippen LogP contribution in [0.1, 0.15) is 19.3 Å². The summed E-state index contributed by atoms with van der Waals surface area (Å²) in [5.41, 5.74) is 0.812. The minimum atomic E-state index is -2.70. The SMILES string of the molecule is COc1cc2c(Nc3ccc(Cl)cc3F)ncnc2cc1OCC1CCN(C(=O)CN2CCC(F)(F)C2)CC1. The first kappa shape index (κ1) is 27.3. The van der Waals surface area contributed by atoms with Gasteiger partial charge in [0.2, 0.25) is 5.91 Å². The number of carbonyl (C=O) groups excluding carboxylic acids is 1. The molecular weight excluding hydrogens is 535 g/mol. The van der Waals surface area contributed by atoms with E-state index in [4.69, 9.17) is 21.1 Å². The molecule has 0 spiro atoms. The van der Waals surface area contributed by atoms with Gasteiger partial charge in [0.25, 0.3) is 5.92 Å². The molecular formula is C27H29ClF3N5O3. The molecule has 2 aliphatic rings. The van der Waals surface area contributed by atoms with E-state index in [2.05, 4.69) is 15.3 Å². The van der Waals surface area contributed by atoms with Gasteiger partial charge in [-0.2, -0.15) is 0 Å². The van der Waals surface area contributed by atoms with Crippen LogP contribution >= 0.6 is 11.6 Å². The van der Waals surface area contributed by atoms with Crippen LogP contribution in [0.15, 0.2) is 36.7 Å². The topological polar surface area (TPSA) is 79.8 Å². The fourth-order valence-electron chi connectivity index (χ4n) is 4.94. The fourth-order valence-corrected chi connectivity index (χ4v) is 5.10. The molecule has 2 fully saturated rings. The molecule has 3 heterocycles. The van der Waals surface area contributed by atoms with Crippen molar-refractivity contribution in [1.82, 2.24) is 19.8 Å². The maximum atomic E-state index is 14.3. The van der Waals surface area contributed by atoms with Crippen molar-refractivity contribution in [3.05, 3.63) is 47.5 Å². The van der Waals surface area contributed by atoms with Gasteiger partial charge in [-0.1, -0.05) is 11.6 Å².